The van der Waals surface area contributed by atoms with Gasteiger partial charge in [0.25, 0.3) is 10.0 Å². The second-order valence-electron chi connectivity index (χ2n) is 8.80. The Balaban J connectivity index is 1.62. The fraction of sp³-hybridized carbons (Fsp3) is 0.400. The predicted molar refractivity (Wildman–Crippen MR) is 142 cm³/mol. The summed E-state index contributed by atoms with van der Waals surface area (Å²) in [7, 11) is -1.65. The summed E-state index contributed by atoms with van der Waals surface area (Å²) in [5.74, 6) is 0. The normalized spacial score (nSPS) is 14.9. The van der Waals surface area contributed by atoms with Crippen LogP contribution < -0.4 is 15.4 Å². The third-order valence-corrected chi connectivity index (χ3v) is 8.26. The second kappa shape index (κ2) is 10.8. The zero-order valence-corrected chi connectivity index (χ0v) is 21.5. The number of benzene rings is 2. The molecular weight excluding hydrogens is 466 g/mol. The zero-order chi connectivity index (χ0) is 24.1. The van der Waals surface area contributed by atoms with E-state index in [0.717, 1.165) is 61.5 Å². The maximum absolute atomic E-state index is 13.3. The number of hydrogen-bond donors (Lipinski definition) is 2. The van der Waals surface area contributed by atoms with E-state index in [4.69, 9.17) is 5.73 Å². The monoisotopic (exact) mass is 499 g/mol. The Kier molecular flexibility index (Phi) is 7.75. The molecule has 0 radical (unpaired) electrons. The molecule has 9 heteroatoms. The number of aromatic nitrogens is 1. The van der Waals surface area contributed by atoms with Crippen molar-refractivity contribution in [3.05, 3.63) is 53.4 Å². The molecule has 34 heavy (non-hydrogen) atoms. The van der Waals surface area contributed by atoms with Crippen molar-refractivity contribution in [3.8, 4) is 11.3 Å². The van der Waals surface area contributed by atoms with Crippen LogP contribution in [0, 0.1) is 0 Å². The fourth-order valence-corrected chi connectivity index (χ4v) is 5.78. The van der Waals surface area contributed by atoms with Crippen LogP contribution in [0.2, 0.25) is 0 Å². The third-order valence-electron chi connectivity index (χ3n) is 6.21. The Bertz CT molecular complexity index is 1200. The maximum Gasteiger partial charge on any atom is 0.261 e. The van der Waals surface area contributed by atoms with Crippen LogP contribution >= 0.6 is 11.3 Å². The van der Waals surface area contributed by atoms with Crippen molar-refractivity contribution < 1.29 is 8.42 Å². The lowest BCUT2D eigenvalue weighted by molar-refractivity contribution is 0.313. The molecule has 1 aliphatic heterocycles. The minimum Gasteiger partial charge on any atom is -0.375 e. The highest BCUT2D eigenvalue weighted by Crippen LogP contribution is 2.34. The Labute approximate surface area is 206 Å². The first-order chi connectivity index (χ1) is 16.4. The van der Waals surface area contributed by atoms with Gasteiger partial charge in [-0.1, -0.05) is 38.0 Å². The van der Waals surface area contributed by atoms with Crippen LogP contribution in [-0.2, 0) is 16.4 Å². The van der Waals surface area contributed by atoms with E-state index in [1.807, 2.05) is 35.7 Å². The number of aryl methyl sites for hydroxylation is 1. The van der Waals surface area contributed by atoms with Gasteiger partial charge in [0, 0.05) is 37.1 Å². The molecule has 182 valence electrons. The Morgan fingerprint density at radius 3 is 2.44 bits per heavy atom. The van der Waals surface area contributed by atoms with Gasteiger partial charge in [-0.05, 0) is 49.7 Å². The van der Waals surface area contributed by atoms with Gasteiger partial charge in [0.2, 0.25) is 0 Å². The maximum atomic E-state index is 13.3. The number of likely N-dealkylation sites (N-methyl/N-ethyl adjacent to an activating group) is 1. The van der Waals surface area contributed by atoms with Gasteiger partial charge in [0.15, 0.2) is 5.13 Å². The topological polar surface area (TPSA) is 91.6 Å². The van der Waals surface area contributed by atoms with Crippen LogP contribution in [0.1, 0.15) is 31.7 Å². The fourth-order valence-electron chi connectivity index (χ4n) is 4.14. The van der Waals surface area contributed by atoms with Crippen molar-refractivity contribution in [3.63, 3.8) is 0 Å². The van der Waals surface area contributed by atoms with Crippen LogP contribution in [-0.4, -0.2) is 51.5 Å². The molecule has 0 unspecified atom stereocenters. The SMILES string of the molecule is CCCCCc1ccc(S(=O)(=O)Nc2cc(-c3csc(N)n3)ccc2N2CCN(C)CC2)cc1. The van der Waals surface area contributed by atoms with E-state index >= 15 is 0 Å². The van der Waals surface area contributed by atoms with Crippen LogP contribution in [0.5, 0.6) is 0 Å². The first-order valence-corrected chi connectivity index (χ1v) is 14.1. The van der Waals surface area contributed by atoms with E-state index in [0.29, 0.717) is 10.8 Å². The number of sulfonamides is 1. The van der Waals surface area contributed by atoms with Gasteiger partial charge < -0.3 is 15.5 Å². The van der Waals surface area contributed by atoms with E-state index in [2.05, 4.69) is 33.5 Å². The van der Waals surface area contributed by atoms with Gasteiger partial charge in [0.1, 0.15) is 0 Å². The number of piperazine rings is 1. The van der Waals surface area contributed by atoms with E-state index in [1.165, 1.54) is 24.2 Å². The summed E-state index contributed by atoms with van der Waals surface area (Å²) in [5.41, 5.74) is 9.99. The molecule has 4 rings (SSSR count). The molecule has 7 nitrogen and oxygen atoms in total. The summed E-state index contributed by atoms with van der Waals surface area (Å²) >= 11 is 1.37. The number of nitrogens with zero attached hydrogens (tertiary/aromatic N) is 3. The Morgan fingerprint density at radius 1 is 1.06 bits per heavy atom. The van der Waals surface area contributed by atoms with Crippen LogP contribution in [0.4, 0.5) is 16.5 Å². The van der Waals surface area contributed by atoms with Gasteiger partial charge >= 0.3 is 0 Å². The average molecular weight is 500 g/mol. The summed E-state index contributed by atoms with van der Waals surface area (Å²) in [5, 5.41) is 2.37. The lowest BCUT2D eigenvalue weighted by Crippen LogP contribution is -2.44. The van der Waals surface area contributed by atoms with Crippen molar-refractivity contribution in [1.82, 2.24) is 9.88 Å². The number of anilines is 3. The zero-order valence-electron chi connectivity index (χ0n) is 19.8. The molecule has 0 aliphatic carbocycles. The summed E-state index contributed by atoms with van der Waals surface area (Å²) in [6.45, 7) is 5.70. The number of rotatable bonds is 9. The summed E-state index contributed by atoms with van der Waals surface area (Å²) in [6.07, 6.45) is 4.42. The number of unbranched alkanes of at least 4 members (excludes halogenated alkanes) is 2. The minimum atomic E-state index is -3.75. The van der Waals surface area contributed by atoms with Crippen molar-refractivity contribution in [2.75, 3.05) is 48.6 Å². The molecule has 1 aliphatic rings. The molecule has 1 saturated heterocycles. The van der Waals surface area contributed by atoms with Gasteiger partial charge in [-0.15, -0.1) is 11.3 Å². The minimum absolute atomic E-state index is 0.263. The number of thiazole rings is 1. The first kappa shape index (κ1) is 24.5. The molecule has 0 atom stereocenters. The van der Waals surface area contributed by atoms with Crippen LogP contribution in [0.25, 0.3) is 11.3 Å². The van der Waals surface area contributed by atoms with Crippen molar-refractivity contribution >= 4 is 37.9 Å². The van der Waals surface area contributed by atoms with Gasteiger partial charge in [0.05, 0.1) is 22.0 Å². The molecule has 1 fully saturated rings. The molecule has 0 saturated carbocycles. The molecule has 0 bridgehead atoms. The highest BCUT2D eigenvalue weighted by atomic mass is 32.2. The largest absolute Gasteiger partial charge is 0.375 e. The van der Waals surface area contributed by atoms with Gasteiger partial charge in [-0.2, -0.15) is 0 Å². The summed E-state index contributed by atoms with van der Waals surface area (Å²) in [4.78, 5) is 9.13. The Hall–Kier alpha value is -2.62. The highest BCUT2D eigenvalue weighted by Gasteiger charge is 2.22. The smallest absolute Gasteiger partial charge is 0.261 e. The van der Waals surface area contributed by atoms with Gasteiger partial charge in [-0.3, -0.25) is 4.72 Å². The average Bonchev–Trinajstić information content (AvgIpc) is 3.26. The third kappa shape index (κ3) is 5.89. The van der Waals surface area contributed by atoms with E-state index in [-0.39, 0.29) is 4.90 Å². The summed E-state index contributed by atoms with van der Waals surface area (Å²) < 4.78 is 29.5. The number of nitrogen functional groups attached to an aromatic ring is 1. The molecule has 2 heterocycles. The molecule has 1 aromatic heterocycles. The van der Waals surface area contributed by atoms with Crippen molar-refractivity contribution in [2.45, 2.75) is 37.5 Å². The van der Waals surface area contributed by atoms with Crippen LogP contribution in [0.3, 0.4) is 0 Å². The number of nitrogens with one attached hydrogen (secondary N) is 1. The second-order valence-corrected chi connectivity index (χ2v) is 11.4. The molecule has 0 amide bonds. The van der Waals surface area contributed by atoms with Crippen molar-refractivity contribution in [2.24, 2.45) is 0 Å². The molecular formula is C25H33N5O2S2. The van der Waals surface area contributed by atoms with Gasteiger partial charge in [-0.25, -0.2) is 13.4 Å². The first-order valence-electron chi connectivity index (χ1n) is 11.8. The Morgan fingerprint density at radius 2 is 1.79 bits per heavy atom. The van der Waals surface area contributed by atoms with E-state index in [9.17, 15) is 8.42 Å². The lowest BCUT2D eigenvalue weighted by Gasteiger charge is -2.35. The standard InChI is InChI=1S/C25H33N5O2S2/c1-3-4-5-6-19-7-10-21(11-8-19)34(31,32)28-22-17-20(23-18-33-25(26)27-23)9-12-24(22)30-15-13-29(2)14-16-30/h7-12,17-18,28H,3-6,13-16H2,1-2H3,(H2,26,27). The number of nitrogens with two attached hydrogens (primary N) is 1. The number of hydrogen-bond acceptors (Lipinski definition) is 7. The van der Waals surface area contributed by atoms with Crippen LogP contribution in [0.15, 0.2) is 52.7 Å². The highest BCUT2D eigenvalue weighted by molar-refractivity contribution is 7.92. The molecule has 3 N–H and O–H groups in total. The lowest BCUT2D eigenvalue weighted by atomic mass is 10.1. The predicted octanol–water partition coefficient (Wildman–Crippen LogP) is 4.68. The molecule has 0 spiro atoms. The molecule has 3 aromatic rings. The van der Waals surface area contributed by atoms with E-state index in [1.54, 1.807) is 12.1 Å². The quantitative estimate of drug-likeness (QED) is 0.416. The summed E-state index contributed by atoms with van der Waals surface area (Å²) in [6, 6.07) is 13.0. The van der Waals surface area contributed by atoms with Crippen molar-refractivity contribution in [1.29, 1.82) is 0 Å². The molecule has 2 aromatic carbocycles. The van der Waals surface area contributed by atoms with E-state index < -0.39 is 10.0 Å².